The largest absolute Gasteiger partial charge is 0.480 e. The number of carboxylic acid groups (broad SMARTS) is 1. The van der Waals surface area contributed by atoms with Gasteiger partial charge in [-0.3, -0.25) is 4.79 Å². The van der Waals surface area contributed by atoms with Crippen LogP contribution in [-0.4, -0.2) is 31.3 Å². The number of nitrogens with one attached hydrogen (secondary N) is 1. The van der Waals surface area contributed by atoms with E-state index in [4.69, 9.17) is 9.84 Å². The van der Waals surface area contributed by atoms with Crippen LogP contribution in [0, 0.1) is 5.82 Å². The predicted octanol–water partition coefficient (Wildman–Crippen LogP) is 1.58. The van der Waals surface area contributed by atoms with Gasteiger partial charge in [-0.2, -0.15) is 0 Å². The Balaban J connectivity index is 2.63. The smallest absolute Gasteiger partial charge is 0.325 e. The topological polar surface area (TPSA) is 58.6 Å². The van der Waals surface area contributed by atoms with Crippen LogP contribution >= 0.6 is 0 Å². The van der Waals surface area contributed by atoms with Crippen molar-refractivity contribution in [2.45, 2.75) is 12.5 Å². The average molecular weight is 241 g/mol. The number of benzene rings is 1. The first-order valence-corrected chi connectivity index (χ1v) is 5.35. The van der Waals surface area contributed by atoms with Crippen molar-refractivity contribution in [2.24, 2.45) is 0 Å². The van der Waals surface area contributed by atoms with Crippen LogP contribution in [0.25, 0.3) is 0 Å². The highest BCUT2D eigenvalue weighted by Gasteiger charge is 2.18. The van der Waals surface area contributed by atoms with Crippen molar-refractivity contribution in [1.82, 2.24) is 5.32 Å². The minimum atomic E-state index is -1.02. The summed E-state index contributed by atoms with van der Waals surface area (Å²) >= 11 is 0. The molecular weight excluding hydrogens is 225 g/mol. The molecule has 2 N–H and O–H groups in total. The third-order valence-electron chi connectivity index (χ3n) is 2.30. The quantitative estimate of drug-likeness (QED) is 0.711. The molecule has 1 aromatic carbocycles. The lowest BCUT2D eigenvalue weighted by Crippen LogP contribution is -2.29. The van der Waals surface area contributed by atoms with E-state index in [-0.39, 0.29) is 0 Å². The number of halogens is 1. The molecule has 0 aromatic heterocycles. The van der Waals surface area contributed by atoms with Crippen LogP contribution in [0.1, 0.15) is 18.0 Å². The highest BCUT2D eigenvalue weighted by molar-refractivity contribution is 5.75. The SMILES string of the molecule is COCCCNC(C(=O)O)c1cccc(F)c1. The number of methoxy groups -OCH3 is 1. The third kappa shape index (κ3) is 4.50. The lowest BCUT2D eigenvalue weighted by Gasteiger charge is -2.14. The highest BCUT2D eigenvalue weighted by Crippen LogP contribution is 2.14. The fourth-order valence-corrected chi connectivity index (χ4v) is 1.50. The van der Waals surface area contributed by atoms with Crippen LogP contribution in [0.5, 0.6) is 0 Å². The molecule has 0 amide bonds. The van der Waals surface area contributed by atoms with Gasteiger partial charge in [0, 0.05) is 13.7 Å². The minimum absolute atomic E-state index is 0.412. The summed E-state index contributed by atoms with van der Waals surface area (Å²) < 4.78 is 17.9. The lowest BCUT2D eigenvalue weighted by molar-refractivity contribution is -0.139. The Bertz CT molecular complexity index is 371. The second kappa shape index (κ2) is 6.98. The Labute approximate surface area is 99.4 Å². The number of carbonyl (C=O) groups is 1. The molecule has 0 bridgehead atoms. The number of ether oxygens (including phenoxy) is 1. The summed E-state index contributed by atoms with van der Waals surface area (Å²) in [6.07, 6.45) is 0.704. The molecule has 0 saturated heterocycles. The monoisotopic (exact) mass is 241 g/mol. The van der Waals surface area contributed by atoms with E-state index in [9.17, 15) is 9.18 Å². The van der Waals surface area contributed by atoms with Gasteiger partial charge in [-0.1, -0.05) is 12.1 Å². The molecule has 0 aliphatic rings. The molecule has 1 atom stereocenters. The molecule has 0 spiro atoms. The van der Waals surface area contributed by atoms with Gasteiger partial charge in [-0.05, 0) is 30.7 Å². The molecule has 0 radical (unpaired) electrons. The first-order chi connectivity index (χ1) is 8.15. The summed E-state index contributed by atoms with van der Waals surface area (Å²) in [5, 5.41) is 11.9. The van der Waals surface area contributed by atoms with E-state index in [1.54, 1.807) is 13.2 Å². The van der Waals surface area contributed by atoms with E-state index >= 15 is 0 Å². The molecule has 0 aliphatic carbocycles. The van der Waals surface area contributed by atoms with Crippen molar-refractivity contribution in [2.75, 3.05) is 20.3 Å². The van der Waals surface area contributed by atoms with Crippen molar-refractivity contribution in [3.05, 3.63) is 35.6 Å². The molecular formula is C12H16FNO3. The van der Waals surface area contributed by atoms with E-state index in [0.29, 0.717) is 25.1 Å². The molecule has 1 unspecified atom stereocenters. The third-order valence-corrected chi connectivity index (χ3v) is 2.30. The van der Waals surface area contributed by atoms with Gasteiger partial charge >= 0.3 is 5.97 Å². The van der Waals surface area contributed by atoms with Gasteiger partial charge in [0.1, 0.15) is 11.9 Å². The van der Waals surface area contributed by atoms with Crippen molar-refractivity contribution in [3.8, 4) is 0 Å². The minimum Gasteiger partial charge on any atom is -0.480 e. The second-order valence-electron chi connectivity index (χ2n) is 3.63. The predicted molar refractivity (Wildman–Crippen MR) is 61.3 cm³/mol. The molecule has 0 aliphatic heterocycles. The zero-order valence-corrected chi connectivity index (χ0v) is 9.65. The Hall–Kier alpha value is -1.46. The molecule has 17 heavy (non-hydrogen) atoms. The fourth-order valence-electron chi connectivity index (χ4n) is 1.50. The van der Waals surface area contributed by atoms with Crippen molar-refractivity contribution in [1.29, 1.82) is 0 Å². The number of carboxylic acids is 1. The number of aliphatic carboxylic acids is 1. The Morgan fingerprint density at radius 1 is 1.59 bits per heavy atom. The van der Waals surface area contributed by atoms with E-state index in [2.05, 4.69) is 5.32 Å². The van der Waals surface area contributed by atoms with Crippen LogP contribution in [-0.2, 0) is 9.53 Å². The summed E-state index contributed by atoms with van der Waals surface area (Å²) in [4.78, 5) is 11.1. The zero-order valence-electron chi connectivity index (χ0n) is 9.65. The van der Waals surface area contributed by atoms with Crippen LogP contribution in [0.15, 0.2) is 24.3 Å². The van der Waals surface area contributed by atoms with Crippen LogP contribution < -0.4 is 5.32 Å². The lowest BCUT2D eigenvalue weighted by atomic mass is 10.1. The summed E-state index contributed by atoms with van der Waals surface area (Å²) in [5.41, 5.74) is 0.412. The summed E-state index contributed by atoms with van der Waals surface area (Å²) in [7, 11) is 1.58. The van der Waals surface area contributed by atoms with Crippen molar-refractivity contribution >= 4 is 5.97 Å². The van der Waals surface area contributed by atoms with E-state index < -0.39 is 17.8 Å². The van der Waals surface area contributed by atoms with E-state index in [0.717, 1.165) is 0 Å². The van der Waals surface area contributed by atoms with Crippen molar-refractivity contribution in [3.63, 3.8) is 0 Å². The molecule has 5 heteroatoms. The maximum absolute atomic E-state index is 13.0. The Morgan fingerprint density at radius 2 is 2.35 bits per heavy atom. The van der Waals surface area contributed by atoms with Crippen LogP contribution in [0.2, 0.25) is 0 Å². The van der Waals surface area contributed by atoms with Gasteiger partial charge in [0.15, 0.2) is 0 Å². The summed E-state index contributed by atoms with van der Waals surface area (Å²) in [6, 6.07) is 4.71. The highest BCUT2D eigenvalue weighted by atomic mass is 19.1. The average Bonchev–Trinajstić information content (AvgIpc) is 2.28. The molecule has 1 aromatic rings. The number of hydrogen-bond acceptors (Lipinski definition) is 3. The Morgan fingerprint density at radius 3 is 2.94 bits per heavy atom. The first kappa shape index (κ1) is 13.6. The van der Waals surface area contributed by atoms with Gasteiger partial charge in [0.25, 0.3) is 0 Å². The van der Waals surface area contributed by atoms with Crippen LogP contribution in [0.4, 0.5) is 4.39 Å². The van der Waals surface area contributed by atoms with Crippen LogP contribution in [0.3, 0.4) is 0 Å². The van der Waals surface area contributed by atoms with Gasteiger partial charge in [-0.15, -0.1) is 0 Å². The van der Waals surface area contributed by atoms with Crippen molar-refractivity contribution < 1.29 is 19.0 Å². The molecule has 4 nitrogen and oxygen atoms in total. The molecule has 1 rings (SSSR count). The van der Waals surface area contributed by atoms with E-state index in [1.165, 1.54) is 18.2 Å². The number of rotatable bonds is 7. The molecule has 94 valence electrons. The molecule has 0 heterocycles. The van der Waals surface area contributed by atoms with Gasteiger partial charge in [0.05, 0.1) is 0 Å². The van der Waals surface area contributed by atoms with E-state index in [1.807, 2.05) is 0 Å². The van der Waals surface area contributed by atoms with Gasteiger partial charge in [0.2, 0.25) is 0 Å². The second-order valence-corrected chi connectivity index (χ2v) is 3.63. The summed E-state index contributed by atoms with van der Waals surface area (Å²) in [6.45, 7) is 1.06. The first-order valence-electron chi connectivity index (χ1n) is 5.35. The normalized spacial score (nSPS) is 12.4. The maximum Gasteiger partial charge on any atom is 0.325 e. The fraction of sp³-hybridized carbons (Fsp3) is 0.417. The number of hydrogen-bond donors (Lipinski definition) is 2. The standard InChI is InChI=1S/C12H16FNO3/c1-17-7-3-6-14-11(12(15)16)9-4-2-5-10(13)8-9/h2,4-5,8,11,14H,3,6-7H2,1H3,(H,15,16). The maximum atomic E-state index is 13.0. The Kier molecular flexibility index (Phi) is 5.59. The van der Waals surface area contributed by atoms with Gasteiger partial charge < -0.3 is 15.2 Å². The zero-order chi connectivity index (χ0) is 12.7. The molecule has 0 saturated carbocycles. The molecule has 0 fully saturated rings. The summed E-state index contributed by atoms with van der Waals surface area (Å²) in [5.74, 6) is -1.46. The van der Waals surface area contributed by atoms with Gasteiger partial charge in [-0.25, -0.2) is 4.39 Å².